The maximum absolute atomic E-state index is 6.10. The van der Waals surface area contributed by atoms with Crippen LogP contribution in [0.5, 0.6) is 5.88 Å². The van der Waals surface area contributed by atoms with Crippen LogP contribution in [-0.2, 0) is 6.42 Å². The van der Waals surface area contributed by atoms with Gasteiger partial charge in [-0.25, -0.2) is 4.98 Å². The van der Waals surface area contributed by atoms with E-state index in [0.717, 1.165) is 24.1 Å². The van der Waals surface area contributed by atoms with E-state index in [1.165, 1.54) is 83.6 Å². The van der Waals surface area contributed by atoms with Gasteiger partial charge in [-0.05, 0) is 82.5 Å². The number of likely N-dealkylation sites (tertiary alicyclic amines) is 1. The zero-order chi connectivity index (χ0) is 20.9. The lowest BCUT2D eigenvalue weighted by atomic mass is 9.81. The predicted molar refractivity (Wildman–Crippen MR) is 123 cm³/mol. The lowest BCUT2D eigenvalue weighted by Crippen LogP contribution is -2.51. The van der Waals surface area contributed by atoms with Gasteiger partial charge in [0.05, 0.1) is 0 Å². The number of ether oxygens (including phenoxy) is 1. The van der Waals surface area contributed by atoms with Crippen LogP contribution in [0.15, 0.2) is 18.3 Å². The van der Waals surface area contributed by atoms with Gasteiger partial charge in [-0.15, -0.1) is 0 Å². The molecule has 0 aromatic carbocycles. The second kappa shape index (κ2) is 10.4. The third-order valence-corrected chi connectivity index (χ3v) is 7.56. The van der Waals surface area contributed by atoms with E-state index in [9.17, 15) is 0 Å². The Bertz CT molecular complexity index is 644. The van der Waals surface area contributed by atoms with Crippen LogP contribution < -0.4 is 4.74 Å². The second-order valence-corrected chi connectivity index (χ2v) is 10.1. The molecule has 4 rings (SSSR count). The average molecular weight is 415 g/mol. The van der Waals surface area contributed by atoms with Crippen LogP contribution in [0.4, 0.5) is 0 Å². The summed E-state index contributed by atoms with van der Waals surface area (Å²) in [4.78, 5) is 12.4. The van der Waals surface area contributed by atoms with Gasteiger partial charge < -0.3 is 14.5 Å². The number of hydrogen-bond acceptors (Lipinski definition) is 5. The van der Waals surface area contributed by atoms with Crippen molar-refractivity contribution in [3.05, 3.63) is 23.9 Å². The molecule has 3 fully saturated rings. The molecule has 3 aliphatic rings. The van der Waals surface area contributed by atoms with Gasteiger partial charge in [0, 0.05) is 57.6 Å². The summed E-state index contributed by atoms with van der Waals surface area (Å²) in [6.07, 6.45) is 8.43. The van der Waals surface area contributed by atoms with E-state index < -0.39 is 0 Å². The fourth-order valence-corrected chi connectivity index (χ4v) is 5.37. The molecule has 2 saturated heterocycles. The quantitative estimate of drug-likeness (QED) is 0.650. The van der Waals surface area contributed by atoms with Crippen molar-refractivity contribution in [1.82, 2.24) is 19.7 Å². The van der Waals surface area contributed by atoms with Gasteiger partial charge in [0.15, 0.2) is 0 Å². The number of aryl methyl sites for hydroxylation is 1. The minimum atomic E-state index is 0.372. The molecule has 5 nitrogen and oxygen atoms in total. The number of aromatic nitrogens is 1. The Balaban J connectivity index is 1.10. The van der Waals surface area contributed by atoms with Gasteiger partial charge in [0.1, 0.15) is 6.10 Å². The minimum absolute atomic E-state index is 0.372. The molecule has 1 aliphatic carbocycles. The van der Waals surface area contributed by atoms with Gasteiger partial charge in [0.25, 0.3) is 0 Å². The van der Waals surface area contributed by atoms with Gasteiger partial charge in [-0.3, -0.25) is 4.90 Å². The van der Waals surface area contributed by atoms with E-state index in [4.69, 9.17) is 4.74 Å². The third-order valence-electron chi connectivity index (χ3n) is 7.56. The summed E-state index contributed by atoms with van der Waals surface area (Å²) in [5.41, 5.74) is 1.31. The van der Waals surface area contributed by atoms with Crippen LogP contribution in [0.3, 0.4) is 0 Å². The lowest BCUT2D eigenvalue weighted by Gasteiger charge is -2.42. The molecule has 168 valence electrons. The van der Waals surface area contributed by atoms with E-state index in [1.54, 1.807) is 0 Å². The highest BCUT2D eigenvalue weighted by Crippen LogP contribution is 2.32. The largest absolute Gasteiger partial charge is 0.474 e. The van der Waals surface area contributed by atoms with Crippen molar-refractivity contribution in [2.75, 3.05) is 52.4 Å². The Hall–Kier alpha value is -1.17. The number of piperidine rings is 1. The maximum Gasteiger partial charge on any atom is 0.213 e. The van der Waals surface area contributed by atoms with Gasteiger partial charge in [-0.1, -0.05) is 6.92 Å². The van der Waals surface area contributed by atoms with Gasteiger partial charge in [-0.2, -0.15) is 0 Å². The Morgan fingerprint density at radius 1 is 0.967 bits per heavy atom. The summed E-state index contributed by atoms with van der Waals surface area (Å²) in [5.74, 6) is 2.53. The van der Waals surface area contributed by atoms with E-state index in [1.807, 2.05) is 6.20 Å². The van der Waals surface area contributed by atoms with Crippen LogP contribution in [0.1, 0.15) is 52.0 Å². The molecule has 30 heavy (non-hydrogen) atoms. The van der Waals surface area contributed by atoms with Gasteiger partial charge in [0.2, 0.25) is 5.88 Å². The minimum Gasteiger partial charge on any atom is -0.474 e. The Morgan fingerprint density at radius 2 is 1.63 bits per heavy atom. The van der Waals surface area contributed by atoms with Crippen molar-refractivity contribution in [3.8, 4) is 5.88 Å². The average Bonchev–Trinajstić information content (AvgIpc) is 2.74. The Kier molecular flexibility index (Phi) is 7.66. The summed E-state index contributed by atoms with van der Waals surface area (Å²) in [6.45, 7) is 17.0. The molecule has 0 spiro atoms. The maximum atomic E-state index is 6.10. The smallest absolute Gasteiger partial charge is 0.213 e. The SMILES string of the molecule is CCc1ccnc(OC2CC(CN3CCC(CN4CCN(C(C)C)CC4)CC3)C2)c1. The highest BCUT2D eigenvalue weighted by Gasteiger charge is 2.33. The fourth-order valence-electron chi connectivity index (χ4n) is 5.37. The van der Waals surface area contributed by atoms with Crippen LogP contribution in [0, 0.1) is 11.8 Å². The van der Waals surface area contributed by atoms with Crippen molar-refractivity contribution in [1.29, 1.82) is 0 Å². The first kappa shape index (κ1) is 22.0. The highest BCUT2D eigenvalue weighted by molar-refractivity contribution is 5.20. The monoisotopic (exact) mass is 414 g/mol. The summed E-state index contributed by atoms with van der Waals surface area (Å²) >= 11 is 0. The van der Waals surface area contributed by atoms with Crippen LogP contribution in [-0.4, -0.2) is 84.2 Å². The molecule has 5 heteroatoms. The molecule has 0 bridgehead atoms. The first-order valence-corrected chi connectivity index (χ1v) is 12.4. The molecule has 0 radical (unpaired) electrons. The summed E-state index contributed by atoms with van der Waals surface area (Å²) in [6, 6.07) is 4.87. The fraction of sp³-hybridized carbons (Fsp3) is 0.800. The predicted octanol–water partition coefficient (Wildman–Crippen LogP) is 3.54. The Morgan fingerprint density at radius 3 is 2.30 bits per heavy atom. The number of nitrogens with zero attached hydrogens (tertiary/aromatic N) is 4. The number of piperazine rings is 1. The normalized spacial score (nSPS) is 27.3. The molecule has 1 aromatic rings. The van der Waals surface area contributed by atoms with E-state index in [2.05, 4.69) is 52.6 Å². The van der Waals surface area contributed by atoms with Crippen LogP contribution in [0.25, 0.3) is 0 Å². The number of rotatable bonds is 8. The van der Waals surface area contributed by atoms with Crippen molar-refractivity contribution >= 4 is 0 Å². The van der Waals surface area contributed by atoms with Crippen molar-refractivity contribution < 1.29 is 4.74 Å². The molecule has 1 aromatic heterocycles. The molecule has 1 saturated carbocycles. The van der Waals surface area contributed by atoms with Crippen molar-refractivity contribution in [3.63, 3.8) is 0 Å². The third kappa shape index (κ3) is 5.95. The molecule has 0 unspecified atom stereocenters. The van der Waals surface area contributed by atoms with E-state index in [0.29, 0.717) is 12.1 Å². The standard InChI is InChI=1S/C25H42N4O/c1-4-21-5-8-26-25(17-21)30-24-15-23(16-24)19-27-9-6-22(7-10-27)18-28-11-13-29(14-12-28)20(2)3/h5,8,17,20,22-24H,4,6-7,9-16,18-19H2,1-3H3. The Labute approximate surface area is 183 Å². The molecule has 3 heterocycles. The molecular formula is C25H42N4O. The van der Waals surface area contributed by atoms with Crippen LogP contribution in [0.2, 0.25) is 0 Å². The topological polar surface area (TPSA) is 31.8 Å². The van der Waals surface area contributed by atoms with Gasteiger partial charge >= 0.3 is 0 Å². The van der Waals surface area contributed by atoms with E-state index >= 15 is 0 Å². The lowest BCUT2D eigenvalue weighted by molar-refractivity contribution is 0.0285. The summed E-state index contributed by atoms with van der Waals surface area (Å²) in [5, 5.41) is 0. The molecule has 2 aliphatic heterocycles. The highest BCUT2D eigenvalue weighted by atomic mass is 16.5. The first-order valence-electron chi connectivity index (χ1n) is 12.4. The number of hydrogen-bond donors (Lipinski definition) is 0. The van der Waals surface area contributed by atoms with Crippen molar-refractivity contribution in [2.24, 2.45) is 11.8 Å². The molecule has 0 amide bonds. The zero-order valence-corrected chi connectivity index (χ0v) is 19.4. The van der Waals surface area contributed by atoms with E-state index in [-0.39, 0.29) is 0 Å². The summed E-state index contributed by atoms with van der Waals surface area (Å²) < 4.78 is 6.10. The number of pyridine rings is 1. The molecular weight excluding hydrogens is 372 g/mol. The zero-order valence-electron chi connectivity index (χ0n) is 19.4. The summed E-state index contributed by atoms with van der Waals surface area (Å²) in [7, 11) is 0. The van der Waals surface area contributed by atoms with Crippen LogP contribution >= 0.6 is 0 Å². The first-order chi connectivity index (χ1) is 14.6. The molecule has 0 N–H and O–H groups in total. The van der Waals surface area contributed by atoms with Crippen molar-refractivity contribution in [2.45, 2.75) is 65.0 Å². The second-order valence-electron chi connectivity index (χ2n) is 10.1. The molecule has 0 atom stereocenters.